The smallest absolute Gasteiger partial charge is 0.153 e. The Morgan fingerprint density at radius 2 is 2.27 bits per heavy atom. The summed E-state index contributed by atoms with van der Waals surface area (Å²) in [6.07, 6.45) is 0.630. The normalized spacial score (nSPS) is 29.9. The van der Waals surface area contributed by atoms with Gasteiger partial charge in [-0.15, -0.1) is 0 Å². The molecule has 0 amide bonds. The zero-order chi connectivity index (χ0) is 8.65. The minimum atomic E-state index is -2.89. The number of thiocarbonyl (C=S) groups is 1. The van der Waals surface area contributed by atoms with Crippen LogP contribution in [0, 0.1) is 5.92 Å². The molecule has 0 heterocycles. The Bertz CT molecular complexity index is 270. The third-order valence-electron chi connectivity index (χ3n) is 1.96. The molecule has 64 valence electrons. The van der Waals surface area contributed by atoms with Gasteiger partial charge in [0.15, 0.2) is 9.84 Å². The lowest BCUT2D eigenvalue weighted by Gasteiger charge is -1.97. The lowest BCUT2D eigenvalue weighted by atomic mass is 10.4. The summed E-state index contributed by atoms with van der Waals surface area (Å²) in [4.78, 5) is 0.340. The van der Waals surface area contributed by atoms with E-state index in [-0.39, 0.29) is 16.9 Å². The molecule has 1 saturated carbocycles. The molecule has 5 heteroatoms. The van der Waals surface area contributed by atoms with Crippen LogP contribution < -0.4 is 5.73 Å². The highest BCUT2D eigenvalue weighted by Crippen LogP contribution is 2.37. The van der Waals surface area contributed by atoms with Gasteiger partial charge in [-0.2, -0.15) is 0 Å². The van der Waals surface area contributed by atoms with Crippen molar-refractivity contribution in [3.8, 4) is 0 Å². The van der Waals surface area contributed by atoms with Gasteiger partial charge in [0.05, 0.1) is 10.2 Å². The molecule has 1 aliphatic carbocycles. The third-order valence-corrected chi connectivity index (χ3v) is 4.51. The van der Waals surface area contributed by atoms with Crippen LogP contribution in [0.3, 0.4) is 0 Å². The van der Waals surface area contributed by atoms with Crippen molar-refractivity contribution >= 4 is 27.0 Å². The molecule has 1 fully saturated rings. The lowest BCUT2D eigenvalue weighted by molar-refractivity contribution is 0.595. The third kappa shape index (κ3) is 1.70. The minimum absolute atomic E-state index is 0.0463. The Morgan fingerprint density at radius 1 is 1.73 bits per heavy atom. The van der Waals surface area contributed by atoms with Crippen LogP contribution in [0.25, 0.3) is 0 Å². The largest absolute Gasteiger partial charge is 0.393 e. The van der Waals surface area contributed by atoms with E-state index in [0.717, 1.165) is 0 Å². The van der Waals surface area contributed by atoms with Crippen LogP contribution in [0.1, 0.15) is 13.3 Å². The molecule has 1 rings (SSSR count). The van der Waals surface area contributed by atoms with Crippen LogP contribution in [0.4, 0.5) is 0 Å². The number of hydrogen-bond acceptors (Lipinski definition) is 3. The van der Waals surface area contributed by atoms with E-state index >= 15 is 0 Å². The van der Waals surface area contributed by atoms with Crippen LogP contribution in [0.15, 0.2) is 0 Å². The van der Waals surface area contributed by atoms with E-state index in [1.807, 2.05) is 0 Å². The molecule has 0 unspecified atom stereocenters. The maximum atomic E-state index is 11.2. The fourth-order valence-corrected chi connectivity index (χ4v) is 3.00. The summed E-state index contributed by atoms with van der Waals surface area (Å²) in [6, 6.07) is 0. The highest BCUT2D eigenvalue weighted by molar-refractivity contribution is 7.92. The number of rotatable bonds is 3. The Kier molecular flexibility index (Phi) is 2.20. The fourth-order valence-electron chi connectivity index (χ4n) is 1.08. The molecule has 0 spiro atoms. The zero-order valence-corrected chi connectivity index (χ0v) is 7.91. The average molecular weight is 193 g/mol. The first kappa shape index (κ1) is 8.93. The number of hydrogen-bond donors (Lipinski definition) is 1. The highest BCUT2D eigenvalue weighted by Gasteiger charge is 2.47. The van der Waals surface area contributed by atoms with E-state index in [1.165, 1.54) is 0 Å². The van der Waals surface area contributed by atoms with Crippen molar-refractivity contribution in [1.82, 2.24) is 0 Å². The first-order valence-electron chi connectivity index (χ1n) is 3.50. The lowest BCUT2D eigenvalue weighted by Crippen LogP contribution is -2.18. The first-order chi connectivity index (χ1) is 4.99. The van der Waals surface area contributed by atoms with E-state index in [4.69, 9.17) is 5.73 Å². The van der Waals surface area contributed by atoms with Crippen molar-refractivity contribution in [3.63, 3.8) is 0 Å². The molecule has 0 aliphatic heterocycles. The summed E-state index contributed by atoms with van der Waals surface area (Å²) in [6.45, 7) is 1.64. The van der Waals surface area contributed by atoms with Crippen LogP contribution >= 0.6 is 12.2 Å². The SMILES string of the molecule is CCS(=O)(=O)[C@@H]1C[C@@H]1C(N)=S. The first-order valence-corrected chi connectivity index (χ1v) is 5.62. The van der Waals surface area contributed by atoms with Gasteiger partial charge >= 0.3 is 0 Å². The molecular formula is C6H11NO2S2. The van der Waals surface area contributed by atoms with Gasteiger partial charge in [-0.25, -0.2) is 8.42 Å². The molecule has 0 radical (unpaired) electrons. The van der Waals surface area contributed by atoms with Crippen molar-refractivity contribution in [1.29, 1.82) is 0 Å². The summed E-state index contributed by atoms with van der Waals surface area (Å²) in [7, 11) is -2.89. The van der Waals surface area contributed by atoms with Crippen LogP contribution in [-0.4, -0.2) is 24.4 Å². The second-order valence-corrected chi connectivity index (χ2v) is 5.71. The van der Waals surface area contributed by atoms with Gasteiger partial charge in [-0.3, -0.25) is 0 Å². The molecular weight excluding hydrogens is 182 g/mol. The summed E-state index contributed by atoms with van der Waals surface area (Å²) in [5.74, 6) is 0.145. The fraction of sp³-hybridized carbons (Fsp3) is 0.833. The van der Waals surface area contributed by atoms with Gasteiger partial charge in [0.2, 0.25) is 0 Å². The maximum Gasteiger partial charge on any atom is 0.153 e. The van der Waals surface area contributed by atoms with Crippen molar-refractivity contribution in [2.75, 3.05) is 5.75 Å². The van der Waals surface area contributed by atoms with Gasteiger partial charge in [-0.05, 0) is 6.42 Å². The Hall–Kier alpha value is -0.160. The van der Waals surface area contributed by atoms with Gasteiger partial charge in [0.1, 0.15) is 0 Å². The van der Waals surface area contributed by atoms with E-state index in [9.17, 15) is 8.42 Å². The molecule has 0 aromatic heterocycles. The van der Waals surface area contributed by atoms with Crippen molar-refractivity contribution in [3.05, 3.63) is 0 Å². The van der Waals surface area contributed by atoms with Crippen LogP contribution in [0.5, 0.6) is 0 Å². The predicted molar refractivity (Wildman–Crippen MR) is 48.1 cm³/mol. The van der Waals surface area contributed by atoms with Gasteiger partial charge < -0.3 is 5.73 Å². The van der Waals surface area contributed by atoms with Gasteiger partial charge in [0.25, 0.3) is 0 Å². The van der Waals surface area contributed by atoms with E-state index < -0.39 is 9.84 Å². The topological polar surface area (TPSA) is 60.2 Å². The molecule has 0 aromatic rings. The quantitative estimate of drug-likeness (QED) is 0.646. The van der Waals surface area contributed by atoms with Crippen LogP contribution in [-0.2, 0) is 9.84 Å². The standard InChI is InChI=1S/C6H11NO2S2/c1-2-11(8,9)5-3-4(5)6(7)10/h4-5H,2-3H2,1H3,(H2,7,10)/t4-,5+/m0/s1. The van der Waals surface area contributed by atoms with Gasteiger partial charge in [-0.1, -0.05) is 19.1 Å². The Labute approximate surface area is 71.9 Å². The Morgan fingerprint density at radius 3 is 2.55 bits per heavy atom. The molecule has 0 aromatic carbocycles. The van der Waals surface area contributed by atoms with Crippen LogP contribution in [0.2, 0.25) is 0 Å². The summed E-state index contributed by atoms with van der Waals surface area (Å²) in [5, 5.41) is -0.273. The molecule has 0 saturated heterocycles. The number of nitrogens with two attached hydrogens (primary N) is 1. The molecule has 3 nitrogen and oxygen atoms in total. The average Bonchev–Trinajstić information content (AvgIpc) is 2.65. The second kappa shape index (κ2) is 2.71. The monoisotopic (exact) mass is 193 g/mol. The van der Waals surface area contributed by atoms with Crippen molar-refractivity contribution in [2.24, 2.45) is 11.7 Å². The Balaban J connectivity index is 2.64. The molecule has 11 heavy (non-hydrogen) atoms. The van der Waals surface area contributed by atoms with E-state index in [2.05, 4.69) is 12.2 Å². The van der Waals surface area contributed by atoms with Crippen molar-refractivity contribution in [2.45, 2.75) is 18.6 Å². The van der Waals surface area contributed by atoms with E-state index in [0.29, 0.717) is 11.4 Å². The molecule has 0 bridgehead atoms. The number of sulfone groups is 1. The predicted octanol–water partition coefficient (Wildman–Crippen LogP) is 0.0957. The molecule has 1 aliphatic rings. The maximum absolute atomic E-state index is 11.2. The van der Waals surface area contributed by atoms with Gasteiger partial charge in [0, 0.05) is 11.7 Å². The van der Waals surface area contributed by atoms with E-state index in [1.54, 1.807) is 6.92 Å². The second-order valence-electron chi connectivity index (χ2n) is 2.73. The zero-order valence-electron chi connectivity index (χ0n) is 6.28. The van der Waals surface area contributed by atoms with Crippen molar-refractivity contribution < 1.29 is 8.42 Å². The summed E-state index contributed by atoms with van der Waals surface area (Å²) >= 11 is 4.69. The summed E-state index contributed by atoms with van der Waals surface area (Å²) in [5.41, 5.74) is 5.31. The molecule has 2 atom stereocenters. The minimum Gasteiger partial charge on any atom is -0.393 e. The molecule has 2 N–H and O–H groups in total. The summed E-state index contributed by atoms with van der Waals surface area (Å²) < 4.78 is 22.3. The highest BCUT2D eigenvalue weighted by atomic mass is 32.2.